The highest BCUT2D eigenvalue weighted by atomic mass is 16.4. The van der Waals surface area contributed by atoms with Gasteiger partial charge in [-0.3, -0.25) is 4.79 Å². The lowest BCUT2D eigenvalue weighted by atomic mass is 10.2. The smallest absolute Gasteiger partial charge is 0.304 e. The van der Waals surface area contributed by atoms with Gasteiger partial charge in [-0.05, 0) is 6.92 Å². The van der Waals surface area contributed by atoms with Crippen LogP contribution in [0.2, 0.25) is 0 Å². The van der Waals surface area contributed by atoms with Gasteiger partial charge >= 0.3 is 5.97 Å². The van der Waals surface area contributed by atoms with E-state index < -0.39 is 5.97 Å². The fourth-order valence-corrected chi connectivity index (χ4v) is 1.17. The number of imidazole rings is 1. The zero-order valence-electron chi connectivity index (χ0n) is 8.40. The van der Waals surface area contributed by atoms with Gasteiger partial charge in [-0.25, -0.2) is 4.98 Å². The Labute approximate surface area is 82.8 Å². The first-order valence-electron chi connectivity index (χ1n) is 4.51. The van der Waals surface area contributed by atoms with Crippen molar-refractivity contribution in [1.82, 2.24) is 14.9 Å². The molecule has 0 amide bonds. The van der Waals surface area contributed by atoms with Crippen molar-refractivity contribution in [2.75, 3.05) is 0 Å². The van der Waals surface area contributed by atoms with E-state index in [1.54, 1.807) is 6.20 Å². The predicted molar refractivity (Wildman–Crippen MR) is 51.8 cm³/mol. The Morgan fingerprint density at radius 2 is 2.50 bits per heavy atom. The van der Waals surface area contributed by atoms with Crippen molar-refractivity contribution in [3.63, 3.8) is 0 Å². The Kier molecular flexibility index (Phi) is 3.64. The molecule has 1 rings (SSSR count). The number of aryl methyl sites for hydroxylation is 1. The van der Waals surface area contributed by atoms with Gasteiger partial charge in [-0.2, -0.15) is 0 Å². The van der Waals surface area contributed by atoms with E-state index in [0.29, 0.717) is 6.54 Å². The molecule has 1 aromatic rings. The summed E-state index contributed by atoms with van der Waals surface area (Å²) >= 11 is 0. The van der Waals surface area contributed by atoms with Crippen LogP contribution in [-0.4, -0.2) is 26.7 Å². The van der Waals surface area contributed by atoms with Crippen molar-refractivity contribution < 1.29 is 9.90 Å². The molecule has 0 aliphatic carbocycles. The van der Waals surface area contributed by atoms with Crippen LogP contribution in [0.15, 0.2) is 12.4 Å². The highest BCUT2D eigenvalue weighted by molar-refractivity contribution is 5.67. The van der Waals surface area contributed by atoms with E-state index in [9.17, 15) is 4.79 Å². The number of aliphatic carboxylic acids is 1. The van der Waals surface area contributed by atoms with Crippen LogP contribution in [0.5, 0.6) is 0 Å². The molecule has 0 radical (unpaired) electrons. The van der Waals surface area contributed by atoms with Crippen LogP contribution in [-0.2, 0) is 18.4 Å². The number of carbonyl (C=O) groups is 1. The largest absolute Gasteiger partial charge is 0.481 e. The molecule has 1 unspecified atom stereocenters. The molecule has 78 valence electrons. The monoisotopic (exact) mass is 197 g/mol. The van der Waals surface area contributed by atoms with Crippen LogP contribution in [0.25, 0.3) is 0 Å². The predicted octanol–water partition coefficient (Wildman–Crippen LogP) is 0.373. The number of carboxylic acid groups (broad SMARTS) is 1. The summed E-state index contributed by atoms with van der Waals surface area (Å²) in [6, 6.07) is -0.0378. The molecule has 0 saturated carbocycles. The third-order valence-corrected chi connectivity index (χ3v) is 2.01. The summed E-state index contributed by atoms with van der Waals surface area (Å²) < 4.78 is 1.90. The highest BCUT2D eigenvalue weighted by Crippen LogP contribution is 1.96. The number of rotatable bonds is 5. The standard InChI is InChI=1S/C9H15N3O2/c1-7(5-9(13)14)11-6-8-10-3-4-12(8)2/h3-4,7,11H,5-6H2,1-2H3,(H,13,14). The Balaban J connectivity index is 2.34. The lowest BCUT2D eigenvalue weighted by Crippen LogP contribution is -2.28. The number of aromatic nitrogens is 2. The zero-order chi connectivity index (χ0) is 10.6. The maximum atomic E-state index is 10.4. The van der Waals surface area contributed by atoms with Gasteiger partial charge in [0, 0.05) is 25.5 Å². The quantitative estimate of drug-likeness (QED) is 0.715. The molecule has 1 aromatic heterocycles. The average Bonchev–Trinajstić information content (AvgIpc) is 2.46. The molecule has 0 aliphatic heterocycles. The first kappa shape index (κ1) is 10.7. The summed E-state index contributed by atoms with van der Waals surface area (Å²) in [5.41, 5.74) is 0. The lowest BCUT2D eigenvalue weighted by molar-refractivity contribution is -0.137. The van der Waals surface area contributed by atoms with Gasteiger partial charge < -0.3 is 15.0 Å². The van der Waals surface area contributed by atoms with Crippen molar-refractivity contribution in [1.29, 1.82) is 0 Å². The Hall–Kier alpha value is -1.36. The van der Waals surface area contributed by atoms with Gasteiger partial charge in [0.05, 0.1) is 13.0 Å². The van der Waals surface area contributed by atoms with E-state index in [2.05, 4.69) is 10.3 Å². The van der Waals surface area contributed by atoms with Gasteiger partial charge in [0.2, 0.25) is 0 Å². The minimum Gasteiger partial charge on any atom is -0.481 e. The van der Waals surface area contributed by atoms with Crippen molar-refractivity contribution in [2.24, 2.45) is 7.05 Å². The first-order valence-corrected chi connectivity index (χ1v) is 4.51. The summed E-state index contributed by atoms with van der Waals surface area (Å²) in [6.07, 6.45) is 3.71. The van der Waals surface area contributed by atoms with Crippen molar-refractivity contribution in [3.05, 3.63) is 18.2 Å². The number of hydrogen-bond acceptors (Lipinski definition) is 3. The Morgan fingerprint density at radius 3 is 3.00 bits per heavy atom. The number of hydrogen-bond donors (Lipinski definition) is 2. The second-order valence-electron chi connectivity index (χ2n) is 3.33. The molecule has 0 saturated heterocycles. The molecule has 5 heteroatoms. The Morgan fingerprint density at radius 1 is 1.79 bits per heavy atom. The van der Waals surface area contributed by atoms with Crippen LogP contribution in [0, 0.1) is 0 Å². The second-order valence-corrected chi connectivity index (χ2v) is 3.33. The van der Waals surface area contributed by atoms with Gasteiger partial charge in [0.15, 0.2) is 0 Å². The lowest BCUT2D eigenvalue weighted by Gasteiger charge is -2.10. The summed E-state index contributed by atoms with van der Waals surface area (Å²) in [6.45, 7) is 2.44. The van der Waals surface area contributed by atoms with E-state index in [1.807, 2.05) is 24.7 Å². The van der Waals surface area contributed by atoms with Gasteiger partial charge in [0.1, 0.15) is 5.82 Å². The van der Waals surface area contributed by atoms with Crippen LogP contribution in [0.4, 0.5) is 0 Å². The van der Waals surface area contributed by atoms with Crippen molar-refractivity contribution in [3.8, 4) is 0 Å². The topological polar surface area (TPSA) is 67.2 Å². The maximum Gasteiger partial charge on any atom is 0.304 e. The molecule has 0 spiro atoms. The van der Waals surface area contributed by atoms with Crippen LogP contribution >= 0.6 is 0 Å². The molecule has 0 aliphatic rings. The number of nitrogens with zero attached hydrogens (tertiary/aromatic N) is 2. The molecule has 0 fully saturated rings. The molecule has 1 heterocycles. The average molecular weight is 197 g/mol. The molecule has 5 nitrogen and oxygen atoms in total. The van der Waals surface area contributed by atoms with Crippen LogP contribution < -0.4 is 5.32 Å². The molecule has 0 bridgehead atoms. The van der Waals surface area contributed by atoms with E-state index in [4.69, 9.17) is 5.11 Å². The highest BCUT2D eigenvalue weighted by Gasteiger charge is 2.07. The SMILES string of the molecule is CC(CC(=O)O)NCc1nccn1C. The van der Waals surface area contributed by atoms with E-state index in [1.165, 1.54) is 0 Å². The summed E-state index contributed by atoms with van der Waals surface area (Å²) in [5, 5.41) is 11.6. The fourth-order valence-electron chi connectivity index (χ4n) is 1.17. The Bertz CT molecular complexity index is 309. The van der Waals surface area contributed by atoms with E-state index in [-0.39, 0.29) is 12.5 Å². The van der Waals surface area contributed by atoms with Crippen LogP contribution in [0.3, 0.4) is 0 Å². The third-order valence-electron chi connectivity index (χ3n) is 2.01. The molecular formula is C9H15N3O2. The molecule has 0 aromatic carbocycles. The summed E-state index contributed by atoms with van der Waals surface area (Å²) in [4.78, 5) is 14.5. The van der Waals surface area contributed by atoms with Gasteiger partial charge in [-0.1, -0.05) is 0 Å². The van der Waals surface area contributed by atoms with Gasteiger partial charge in [0.25, 0.3) is 0 Å². The molecule has 2 N–H and O–H groups in total. The minimum atomic E-state index is -0.787. The normalized spacial score (nSPS) is 12.7. The molecular weight excluding hydrogens is 182 g/mol. The first-order chi connectivity index (χ1) is 6.59. The third kappa shape index (κ3) is 3.18. The molecule has 14 heavy (non-hydrogen) atoms. The van der Waals surface area contributed by atoms with Crippen LogP contribution in [0.1, 0.15) is 19.2 Å². The summed E-state index contributed by atoms with van der Waals surface area (Å²) in [7, 11) is 1.91. The second kappa shape index (κ2) is 4.76. The van der Waals surface area contributed by atoms with Gasteiger partial charge in [-0.15, -0.1) is 0 Å². The maximum absolute atomic E-state index is 10.4. The van der Waals surface area contributed by atoms with E-state index >= 15 is 0 Å². The minimum absolute atomic E-state index is 0.0378. The fraction of sp³-hybridized carbons (Fsp3) is 0.556. The van der Waals surface area contributed by atoms with Crippen molar-refractivity contribution in [2.45, 2.75) is 25.9 Å². The van der Waals surface area contributed by atoms with E-state index in [0.717, 1.165) is 5.82 Å². The van der Waals surface area contributed by atoms with Crippen molar-refractivity contribution >= 4 is 5.97 Å². The summed E-state index contributed by atoms with van der Waals surface area (Å²) in [5.74, 6) is 0.118. The number of carboxylic acids is 1. The zero-order valence-corrected chi connectivity index (χ0v) is 8.40. The number of nitrogens with one attached hydrogen (secondary N) is 1. The molecule has 1 atom stereocenters.